The minimum Gasteiger partial charge on any atom is -0.465 e. The molecule has 2 aromatic heterocycles. The SMILES string of the molecule is CCOC(=O)C(C)(C)NP(=O)(COCCn1cnc2c(=O)[nH]c(N)nc21)NC[C@@H](C)C(=O)OCc1ccccc1. The molecule has 218 valence electrons. The Bertz CT molecular complexity index is 1410. The summed E-state index contributed by atoms with van der Waals surface area (Å²) in [5.74, 6) is -1.75. The third-order valence-electron chi connectivity index (χ3n) is 5.77. The van der Waals surface area contributed by atoms with Crippen LogP contribution in [-0.2, 0) is 41.5 Å². The Kier molecular flexibility index (Phi) is 10.6. The molecule has 0 bridgehead atoms. The van der Waals surface area contributed by atoms with Crippen LogP contribution in [0.1, 0.15) is 33.3 Å². The zero-order valence-corrected chi connectivity index (χ0v) is 23.9. The van der Waals surface area contributed by atoms with Crippen LogP contribution in [0.3, 0.4) is 0 Å². The number of H-pyrrole nitrogens is 1. The number of anilines is 1. The number of nitrogens with one attached hydrogen (secondary N) is 3. The summed E-state index contributed by atoms with van der Waals surface area (Å²) in [4.78, 5) is 47.5. The van der Waals surface area contributed by atoms with Crippen molar-refractivity contribution in [1.29, 1.82) is 0 Å². The van der Waals surface area contributed by atoms with E-state index in [4.69, 9.17) is 19.9 Å². The maximum Gasteiger partial charge on any atom is 0.326 e. The first-order chi connectivity index (χ1) is 18.9. The van der Waals surface area contributed by atoms with E-state index in [-0.39, 0.29) is 56.4 Å². The molecule has 0 amide bonds. The van der Waals surface area contributed by atoms with Crippen molar-refractivity contribution in [2.75, 3.05) is 31.8 Å². The van der Waals surface area contributed by atoms with Gasteiger partial charge in [-0.25, -0.2) is 10.1 Å². The number of esters is 2. The van der Waals surface area contributed by atoms with Crippen LogP contribution in [-0.4, -0.2) is 63.1 Å². The Balaban J connectivity index is 1.63. The number of hydrogen-bond donors (Lipinski definition) is 4. The smallest absolute Gasteiger partial charge is 0.326 e. The highest BCUT2D eigenvalue weighted by atomic mass is 31.2. The summed E-state index contributed by atoms with van der Waals surface area (Å²) in [5.41, 5.74) is 5.12. The average Bonchev–Trinajstić information content (AvgIpc) is 3.32. The van der Waals surface area contributed by atoms with Crippen molar-refractivity contribution in [3.8, 4) is 0 Å². The number of carbonyl (C=O) groups excluding carboxylic acids is 2. The first-order valence-corrected chi connectivity index (χ1v) is 14.6. The van der Waals surface area contributed by atoms with Crippen LogP contribution < -0.4 is 21.5 Å². The molecule has 15 heteroatoms. The van der Waals surface area contributed by atoms with Gasteiger partial charge >= 0.3 is 11.9 Å². The molecule has 0 aliphatic heterocycles. The molecule has 1 aromatic carbocycles. The van der Waals surface area contributed by atoms with Gasteiger partial charge in [-0.2, -0.15) is 4.98 Å². The van der Waals surface area contributed by atoms with E-state index in [1.54, 1.807) is 32.3 Å². The summed E-state index contributed by atoms with van der Waals surface area (Å²) in [6, 6.07) is 9.26. The number of rotatable bonds is 15. The zero-order valence-electron chi connectivity index (χ0n) is 23.0. The molecule has 3 aromatic rings. The second-order valence-corrected chi connectivity index (χ2v) is 11.9. The molecule has 2 atom stereocenters. The fourth-order valence-electron chi connectivity index (χ4n) is 3.66. The van der Waals surface area contributed by atoms with E-state index in [0.717, 1.165) is 5.56 Å². The van der Waals surface area contributed by atoms with E-state index in [2.05, 4.69) is 25.1 Å². The molecule has 5 N–H and O–H groups in total. The number of imidazole rings is 1. The summed E-state index contributed by atoms with van der Waals surface area (Å²) < 4.78 is 31.7. The maximum absolute atomic E-state index is 13.9. The first kappa shape index (κ1) is 31.0. The molecule has 3 rings (SSSR count). The molecule has 14 nitrogen and oxygen atoms in total. The van der Waals surface area contributed by atoms with Crippen LogP contribution in [0.4, 0.5) is 5.95 Å². The van der Waals surface area contributed by atoms with Gasteiger partial charge in [0.05, 0.1) is 25.5 Å². The normalized spacial score (nSPS) is 14.0. The lowest BCUT2D eigenvalue weighted by molar-refractivity contribution is -0.150. The standard InChI is InChI=1S/C25H36N7O7P/c1-5-38-23(35)25(3,4)31-40(36,28-13-17(2)22(34)39-14-18-9-7-6-8-10-18)16-37-12-11-32-15-27-19-20(32)29-24(26)30-21(19)33/h6-10,15,17H,5,11-14,16H2,1-4H3,(H2,28,31,36)(H3,26,29,30,33)/t17-,40?/m1/s1. The Hall–Kier alpha value is -3.58. The third-order valence-corrected chi connectivity index (χ3v) is 7.93. The zero-order chi connectivity index (χ0) is 29.3. The van der Waals surface area contributed by atoms with Crippen molar-refractivity contribution in [1.82, 2.24) is 29.7 Å². The number of nitrogen functional groups attached to an aromatic ring is 1. The molecule has 0 aliphatic carbocycles. The predicted octanol–water partition coefficient (Wildman–Crippen LogP) is 1.77. The van der Waals surface area contributed by atoms with Crippen LogP contribution in [0, 0.1) is 5.92 Å². The number of fused-ring (bicyclic) bond motifs is 1. The summed E-state index contributed by atoms with van der Waals surface area (Å²) >= 11 is 0. The van der Waals surface area contributed by atoms with Crippen molar-refractivity contribution in [2.45, 2.75) is 46.4 Å². The molecule has 0 radical (unpaired) electrons. The molecule has 0 aliphatic rings. The molecule has 0 fully saturated rings. The van der Waals surface area contributed by atoms with Gasteiger partial charge in [0.25, 0.3) is 5.56 Å². The monoisotopic (exact) mass is 577 g/mol. The fraction of sp³-hybridized carbons (Fsp3) is 0.480. The molecule has 40 heavy (non-hydrogen) atoms. The number of hydrogen-bond acceptors (Lipinski definition) is 10. The van der Waals surface area contributed by atoms with Crippen LogP contribution in [0.5, 0.6) is 0 Å². The largest absolute Gasteiger partial charge is 0.465 e. The second kappa shape index (κ2) is 13.7. The highest BCUT2D eigenvalue weighted by molar-refractivity contribution is 7.59. The number of benzene rings is 1. The van der Waals surface area contributed by atoms with Crippen molar-refractivity contribution >= 4 is 36.5 Å². The molecule has 0 spiro atoms. The van der Waals surface area contributed by atoms with Crippen LogP contribution in [0.15, 0.2) is 41.5 Å². The Morgan fingerprint density at radius 3 is 2.65 bits per heavy atom. The van der Waals surface area contributed by atoms with Gasteiger partial charge in [-0.3, -0.25) is 29.0 Å². The van der Waals surface area contributed by atoms with E-state index >= 15 is 0 Å². The van der Waals surface area contributed by atoms with Crippen molar-refractivity contribution < 1.29 is 28.4 Å². The van der Waals surface area contributed by atoms with Gasteiger partial charge in [0.1, 0.15) is 18.5 Å². The molecular weight excluding hydrogens is 541 g/mol. The van der Waals surface area contributed by atoms with Crippen molar-refractivity contribution in [3.63, 3.8) is 0 Å². The van der Waals surface area contributed by atoms with Crippen LogP contribution >= 0.6 is 7.44 Å². The quantitative estimate of drug-likeness (QED) is 0.116. The van der Waals surface area contributed by atoms with E-state index in [9.17, 15) is 18.9 Å². The number of aromatic nitrogens is 4. The summed E-state index contributed by atoms with van der Waals surface area (Å²) in [6.07, 6.45) is 1.11. The molecule has 0 saturated carbocycles. The third kappa shape index (κ3) is 8.46. The van der Waals surface area contributed by atoms with E-state index in [1.165, 1.54) is 6.33 Å². The molecular formula is C25H36N7O7P. The van der Waals surface area contributed by atoms with E-state index in [1.807, 2.05) is 30.3 Å². The number of carbonyl (C=O) groups is 2. The predicted molar refractivity (Wildman–Crippen MR) is 148 cm³/mol. The maximum atomic E-state index is 13.9. The summed E-state index contributed by atoms with van der Waals surface area (Å²) in [6.45, 7) is 6.98. The lowest BCUT2D eigenvalue weighted by Crippen LogP contribution is -2.49. The number of nitrogens with zero attached hydrogens (tertiary/aromatic N) is 3. The minimum atomic E-state index is -3.61. The first-order valence-electron chi connectivity index (χ1n) is 12.7. The van der Waals surface area contributed by atoms with Gasteiger partial charge in [-0.05, 0) is 26.3 Å². The lowest BCUT2D eigenvalue weighted by atomic mass is 10.1. The second-order valence-electron chi connectivity index (χ2n) is 9.65. The number of nitrogens with two attached hydrogens (primary N) is 1. The van der Waals surface area contributed by atoms with Crippen molar-refractivity contribution in [3.05, 3.63) is 52.6 Å². The topological polar surface area (TPSA) is 193 Å². The van der Waals surface area contributed by atoms with Gasteiger partial charge in [-0.1, -0.05) is 37.3 Å². The summed E-state index contributed by atoms with van der Waals surface area (Å²) in [7, 11) is -3.61. The number of ether oxygens (including phenoxy) is 3. The Labute approximate surface area is 231 Å². The van der Waals surface area contributed by atoms with E-state index < -0.39 is 36.4 Å². The van der Waals surface area contributed by atoms with Gasteiger partial charge in [0, 0.05) is 13.1 Å². The average molecular weight is 578 g/mol. The molecule has 1 unspecified atom stereocenters. The minimum absolute atomic E-state index is 0.00169. The molecule has 2 heterocycles. The highest BCUT2D eigenvalue weighted by Gasteiger charge is 2.37. The summed E-state index contributed by atoms with van der Waals surface area (Å²) in [5, 5.41) is 5.73. The van der Waals surface area contributed by atoms with Crippen LogP contribution in [0.2, 0.25) is 0 Å². The highest BCUT2D eigenvalue weighted by Crippen LogP contribution is 2.39. The fourth-order valence-corrected chi connectivity index (χ4v) is 5.84. The van der Waals surface area contributed by atoms with Gasteiger partial charge in [-0.15, -0.1) is 0 Å². The lowest BCUT2D eigenvalue weighted by Gasteiger charge is -2.31. The van der Waals surface area contributed by atoms with Gasteiger partial charge < -0.3 is 24.5 Å². The van der Waals surface area contributed by atoms with E-state index in [0.29, 0.717) is 0 Å². The number of aromatic amines is 1. The Morgan fingerprint density at radius 1 is 1.23 bits per heavy atom. The van der Waals surface area contributed by atoms with Crippen LogP contribution in [0.25, 0.3) is 11.2 Å². The molecule has 0 saturated heterocycles. The van der Waals surface area contributed by atoms with Gasteiger partial charge in [0.15, 0.2) is 11.2 Å². The van der Waals surface area contributed by atoms with Crippen molar-refractivity contribution in [2.24, 2.45) is 5.92 Å². The van der Waals surface area contributed by atoms with Gasteiger partial charge in [0.2, 0.25) is 13.4 Å². The Morgan fingerprint density at radius 2 is 1.95 bits per heavy atom.